The van der Waals surface area contributed by atoms with Gasteiger partial charge in [0.2, 0.25) is 5.56 Å². The number of pyridine rings is 1. The molecule has 2 heterocycles. The molecule has 0 saturated heterocycles. The van der Waals surface area contributed by atoms with E-state index in [1.54, 1.807) is 6.07 Å². The molecule has 136 valence electrons. The van der Waals surface area contributed by atoms with Crippen LogP contribution >= 0.6 is 0 Å². The molecule has 1 aliphatic carbocycles. The lowest BCUT2D eigenvalue weighted by molar-refractivity contribution is 0.373. The van der Waals surface area contributed by atoms with Gasteiger partial charge in [0, 0.05) is 29.2 Å². The van der Waals surface area contributed by atoms with Gasteiger partial charge in [-0.15, -0.1) is 0 Å². The van der Waals surface area contributed by atoms with E-state index in [-0.39, 0.29) is 5.56 Å². The first-order valence-electron chi connectivity index (χ1n) is 9.46. The molecule has 1 aromatic carbocycles. The van der Waals surface area contributed by atoms with Gasteiger partial charge in [-0.2, -0.15) is 0 Å². The summed E-state index contributed by atoms with van der Waals surface area (Å²) in [5.41, 5.74) is 4.64. The summed E-state index contributed by atoms with van der Waals surface area (Å²) in [6, 6.07) is 7.75. The minimum absolute atomic E-state index is 0.0752. The number of benzene rings is 1. The molecule has 2 aromatic heterocycles. The van der Waals surface area contributed by atoms with Crippen molar-refractivity contribution in [2.75, 3.05) is 11.9 Å². The van der Waals surface area contributed by atoms with E-state index < -0.39 is 0 Å². The second-order valence-corrected chi connectivity index (χ2v) is 7.39. The van der Waals surface area contributed by atoms with Gasteiger partial charge in [0.05, 0.1) is 11.2 Å². The van der Waals surface area contributed by atoms with Crippen molar-refractivity contribution in [3.63, 3.8) is 0 Å². The summed E-state index contributed by atoms with van der Waals surface area (Å²) in [6.45, 7) is 4.80. The van der Waals surface area contributed by atoms with Crippen LogP contribution in [0.15, 0.2) is 33.6 Å². The van der Waals surface area contributed by atoms with Crippen LogP contribution in [0, 0.1) is 19.8 Å². The summed E-state index contributed by atoms with van der Waals surface area (Å²) in [6.07, 6.45) is 6.54. The van der Waals surface area contributed by atoms with Gasteiger partial charge in [0.15, 0.2) is 0 Å². The van der Waals surface area contributed by atoms with Crippen LogP contribution in [0.3, 0.4) is 0 Å². The number of aromatic nitrogens is 2. The van der Waals surface area contributed by atoms with Crippen LogP contribution < -0.4 is 10.9 Å². The lowest BCUT2D eigenvalue weighted by atomic mass is 9.89. The average Bonchev–Trinajstić information content (AvgIpc) is 2.98. The van der Waals surface area contributed by atoms with E-state index in [0.29, 0.717) is 5.92 Å². The Bertz CT molecular complexity index is 961. The maximum Gasteiger partial charge on any atom is 0.250 e. The molecule has 3 aromatic rings. The molecule has 2 N–H and O–H groups in total. The number of H-pyrrole nitrogens is 1. The molecule has 0 spiro atoms. The van der Waals surface area contributed by atoms with E-state index >= 15 is 0 Å². The number of anilines is 1. The fourth-order valence-electron chi connectivity index (χ4n) is 4.10. The van der Waals surface area contributed by atoms with Crippen molar-refractivity contribution < 1.29 is 4.52 Å². The van der Waals surface area contributed by atoms with Crippen molar-refractivity contribution >= 4 is 16.6 Å². The normalized spacial score (nSPS) is 15.5. The number of nitrogens with zero attached hydrogens (tertiary/aromatic N) is 1. The van der Waals surface area contributed by atoms with E-state index in [9.17, 15) is 4.79 Å². The van der Waals surface area contributed by atoms with Gasteiger partial charge in [-0.05, 0) is 50.3 Å². The summed E-state index contributed by atoms with van der Waals surface area (Å²) in [7, 11) is 0. The van der Waals surface area contributed by atoms with Crippen LogP contribution in [0.5, 0.6) is 0 Å². The summed E-state index contributed by atoms with van der Waals surface area (Å²) >= 11 is 0. The molecule has 1 fully saturated rings. The Labute approximate surface area is 152 Å². The minimum atomic E-state index is -0.0752. The van der Waals surface area contributed by atoms with Gasteiger partial charge < -0.3 is 14.8 Å². The standard InChI is InChI=1S/C21H25N3O2/c1-13-21(14(2)26-24-13)16-8-9-18-17(10-16)19(11-20(25)23-18)22-12-15-6-4-3-5-7-15/h8-11,15H,3-7,12H2,1-2H3,(H2,22,23,25). The number of rotatable bonds is 4. The third-order valence-corrected chi connectivity index (χ3v) is 5.47. The molecule has 5 heteroatoms. The summed E-state index contributed by atoms with van der Waals surface area (Å²) in [4.78, 5) is 15.0. The lowest BCUT2D eigenvalue weighted by Gasteiger charge is -2.22. The molecular weight excluding hydrogens is 326 g/mol. The zero-order chi connectivity index (χ0) is 18.1. The highest BCUT2D eigenvalue weighted by atomic mass is 16.5. The smallest absolute Gasteiger partial charge is 0.250 e. The van der Waals surface area contributed by atoms with E-state index in [4.69, 9.17) is 4.52 Å². The highest BCUT2D eigenvalue weighted by Crippen LogP contribution is 2.32. The molecule has 0 atom stereocenters. The van der Waals surface area contributed by atoms with Gasteiger partial charge >= 0.3 is 0 Å². The second kappa shape index (κ2) is 6.98. The summed E-state index contributed by atoms with van der Waals surface area (Å²) < 4.78 is 5.31. The van der Waals surface area contributed by atoms with Crippen molar-refractivity contribution in [2.45, 2.75) is 46.0 Å². The SMILES string of the molecule is Cc1noc(C)c1-c1ccc2[nH]c(=O)cc(NCC3CCCCC3)c2c1. The average molecular weight is 351 g/mol. The number of nitrogens with one attached hydrogen (secondary N) is 2. The molecule has 0 bridgehead atoms. The first-order valence-corrected chi connectivity index (χ1v) is 9.46. The summed E-state index contributed by atoms with van der Waals surface area (Å²) in [5, 5.41) is 8.62. The molecular formula is C21H25N3O2. The van der Waals surface area contributed by atoms with E-state index in [1.165, 1.54) is 32.1 Å². The third-order valence-electron chi connectivity index (χ3n) is 5.47. The lowest BCUT2D eigenvalue weighted by Crippen LogP contribution is -2.18. The first-order chi connectivity index (χ1) is 12.6. The van der Waals surface area contributed by atoms with Crippen LogP contribution in [-0.2, 0) is 0 Å². The van der Waals surface area contributed by atoms with E-state index in [0.717, 1.165) is 45.7 Å². The molecule has 4 rings (SSSR count). The topological polar surface area (TPSA) is 70.9 Å². The Morgan fingerprint density at radius 2 is 2.00 bits per heavy atom. The van der Waals surface area contributed by atoms with Crippen LogP contribution in [-0.4, -0.2) is 16.7 Å². The summed E-state index contributed by atoms with van der Waals surface area (Å²) in [5.74, 6) is 1.51. The largest absolute Gasteiger partial charge is 0.384 e. The number of fused-ring (bicyclic) bond motifs is 1. The van der Waals surface area contributed by atoms with E-state index in [1.807, 2.05) is 26.0 Å². The molecule has 5 nitrogen and oxygen atoms in total. The van der Waals surface area contributed by atoms with Crippen LogP contribution in [0.2, 0.25) is 0 Å². The predicted molar refractivity (Wildman–Crippen MR) is 105 cm³/mol. The van der Waals surface area contributed by atoms with Crippen molar-refractivity contribution in [3.05, 3.63) is 46.1 Å². The highest BCUT2D eigenvalue weighted by Gasteiger charge is 2.15. The molecule has 0 radical (unpaired) electrons. The highest BCUT2D eigenvalue weighted by molar-refractivity contribution is 5.94. The molecule has 26 heavy (non-hydrogen) atoms. The van der Waals surface area contributed by atoms with Crippen molar-refractivity contribution in [1.82, 2.24) is 10.1 Å². The van der Waals surface area contributed by atoms with Gasteiger partial charge in [-0.1, -0.05) is 30.5 Å². The molecule has 1 aliphatic rings. The quantitative estimate of drug-likeness (QED) is 0.709. The second-order valence-electron chi connectivity index (χ2n) is 7.39. The van der Waals surface area contributed by atoms with Gasteiger partial charge in [0.25, 0.3) is 0 Å². The van der Waals surface area contributed by atoms with Crippen molar-refractivity contribution in [1.29, 1.82) is 0 Å². The zero-order valence-electron chi connectivity index (χ0n) is 15.4. The van der Waals surface area contributed by atoms with Gasteiger partial charge in [-0.3, -0.25) is 4.79 Å². The third kappa shape index (κ3) is 3.26. The number of aromatic amines is 1. The monoisotopic (exact) mass is 351 g/mol. The van der Waals surface area contributed by atoms with Crippen LogP contribution in [0.1, 0.15) is 43.6 Å². The Hall–Kier alpha value is -2.56. The number of hydrogen-bond acceptors (Lipinski definition) is 4. The predicted octanol–water partition coefficient (Wildman–Crippen LogP) is 4.79. The maximum atomic E-state index is 12.1. The van der Waals surface area contributed by atoms with E-state index in [2.05, 4.69) is 21.5 Å². The van der Waals surface area contributed by atoms with Crippen molar-refractivity contribution in [2.24, 2.45) is 5.92 Å². The Morgan fingerprint density at radius 1 is 1.19 bits per heavy atom. The fourth-order valence-corrected chi connectivity index (χ4v) is 4.10. The Kier molecular flexibility index (Phi) is 4.53. The molecule has 0 unspecified atom stereocenters. The fraction of sp³-hybridized carbons (Fsp3) is 0.429. The van der Waals surface area contributed by atoms with Crippen LogP contribution in [0.4, 0.5) is 5.69 Å². The Morgan fingerprint density at radius 3 is 2.73 bits per heavy atom. The Balaban J connectivity index is 1.71. The number of hydrogen-bond donors (Lipinski definition) is 2. The van der Waals surface area contributed by atoms with Gasteiger partial charge in [0.1, 0.15) is 5.76 Å². The van der Waals surface area contributed by atoms with Crippen LogP contribution in [0.25, 0.3) is 22.0 Å². The van der Waals surface area contributed by atoms with Crippen molar-refractivity contribution in [3.8, 4) is 11.1 Å². The van der Waals surface area contributed by atoms with Gasteiger partial charge in [-0.25, -0.2) is 0 Å². The minimum Gasteiger partial charge on any atom is -0.384 e. The first kappa shape index (κ1) is 16.9. The molecule has 0 amide bonds. The zero-order valence-corrected chi connectivity index (χ0v) is 15.4. The number of aryl methyl sites for hydroxylation is 2. The molecule has 1 saturated carbocycles. The molecule has 0 aliphatic heterocycles. The maximum absolute atomic E-state index is 12.1.